The quantitative estimate of drug-likeness (QED) is 0.113. The van der Waals surface area contributed by atoms with Crippen LogP contribution < -0.4 is 9.64 Å². The summed E-state index contributed by atoms with van der Waals surface area (Å²) in [6.07, 6.45) is 1.05. The van der Waals surface area contributed by atoms with E-state index in [2.05, 4.69) is 31.9 Å². The van der Waals surface area contributed by atoms with E-state index in [-0.39, 0.29) is 49.7 Å². The SMILES string of the molecule is COc1ccc(C(=O)COC(=O)c2cccc(N3C(=O)[C@H]4C[C@H](Br)[C@@H](Br)C[C@H]4C3=O)c2)cc1[N+](=O)[O-]. The number of esters is 1. The monoisotopic (exact) mass is 622 g/mol. The first kappa shape index (κ1) is 26.0. The Morgan fingerprint density at radius 1 is 1.03 bits per heavy atom. The van der Waals surface area contributed by atoms with Crippen molar-refractivity contribution in [2.75, 3.05) is 18.6 Å². The van der Waals surface area contributed by atoms with Crippen LogP contribution in [0.25, 0.3) is 0 Å². The number of imide groups is 1. The molecule has 0 bridgehead atoms. The van der Waals surface area contributed by atoms with Crippen molar-refractivity contribution in [2.45, 2.75) is 22.5 Å². The maximum Gasteiger partial charge on any atom is 0.338 e. The number of ketones is 1. The topological polar surface area (TPSA) is 133 Å². The molecule has 4 rings (SSSR count). The fraction of sp³-hybridized carbons (Fsp3) is 0.333. The van der Waals surface area contributed by atoms with Gasteiger partial charge in [-0.1, -0.05) is 37.9 Å². The van der Waals surface area contributed by atoms with E-state index >= 15 is 0 Å². The molecule has 4 atom stereocenters. The van der Waals surface area contributed by atoms with Gasteiger partial charge in [0.15, 0.2) is 12.4 Å². The minimum absolute atomic E-state index is 0.00507. The number of anilines is 1. The molecule has 0 unspecified atom stereocenters. The van der Waals surface area contributed by atoms with Gasteiger partial charge in [0.1, 0.15) is 0 Å². The summed E-state index contributed by atoms with van der Waals surface area (Å²) in [5.74, 6) is -2.98. The standard InChI is InChI=1S/C24H20Br2N2O8/c1-35-21-6-5-12(8-19(21)28(33)34)20(29)11-36-24(32)13-3-2-4-14(7-13)27-22(30)15-9-17(25)18(26)10-16(15)23(27)31/h2-8,15-18H,9-11H2,1H3/t15-,16+,17-,18-/m0/s1. The molecule has 36 heavy (non-hydrogen) atoms. The average Bonchev–Trinajstić information content (AvgIpc) is 3.10. The Hall–Kier alpha value is -3.12. The summed E-state index contributed by atoms with van der Waals surface area (Å²) in [6.45, 7) is -0.655. The van der Waals surface area contributed by atoms with Gasteiger partial charge in [-0.05, 0) is 43.2 Å². The number of hydrogen-bond acceptors (Lipinski definition) is 8. The van der Waals surface area contributed by atoms with Crippen molar-refractivity contribution in [3.8, 4) is 5.75 Å². The fourth-order valence-electron chi connectivity index (χ4n) is 4.43. The lowest BCUT2D eigenvalue weighted by Crippen LogP contribution is -2.34. The smallest absolute Gasteiger partial charge is 0.338 e. The number of nitro benzene ring substituents is 1. The number of halogens is 2. The zero-order valence-electron chi connectivity index (χ0n) is 18.9. The summed E-state index contributed by atoms with van der Waals surface area (Å²) < 4.78 is 10.0. The van der Waals surface area contributed by atoms with Gasteiger partial charge >= 0.3 is 11.7 Å². The lowest BCUT2D eigenvalue weighted by molar-refractivity contribution is -0.385. The number of methoxy groups -OCH3 is 1. The predicted molar refractivity (Wildman–Crippen MR) is 135 cm³/mol. The number of hydrogen-bond donors (Lipinski definition) is 0. The van der Waals surface area contributed by atoms with Crippen LogP contribution in [0.2, 0.25) is 0 Å². The summed E-state index contributed by atoms with van der Waals surface area (Å²) in [6, 6.07) is 9.56. The average molecular weight is 624 g/mol. The molecule has 2 aromatic carbocycles. The maximum absolute atomic E-state index is 13.0. The van der Waals surface area contributed by atoms with E-state index < -0.39 is 35.1 Å². The van der Waals surface area contributed by atoms with Crippen molar-refractivity contribution in [2.24, 2.45) is 11.8 Å². The van der Waals surface area contributed by atoms with Crippen molar-refractivity contribution in [3.63, 3.8) is 0 Å². The van der Waals surface area contributed by atoms with Gasteiger partial charge in [0.05, 0.1) is 35.1 Å². The number of fused-ring (bicyclic) bond motifs is 1. The molecule has 2 aromatic rings. The van der Waals surface area contributed by atoms with Crippen LogP contribution in [0.15, 0.2) is 42.5 Å². The molecular weight excluding hydrogens is 604 g/mol. The zero-order chi connectivity index (χ0) is 26.1. The summed E-state index contributed by atoms with van der Waals surface area (Å²) in [5.41, 5.74) is -0.105. The Balaban J connectivity index is 1.46. The summed E-state index contributed by atoms with van der Waals surface area (Å²) >= 11 is 7.10. The molecule has 10 nitrogen and oxygen atoms in total. The van der Waals surface area contributed by atoms with Crippen LogP contribution in [0, 0.1) is 22.0 Å². The van der Waals surface area contributed by atoms with Crippen LogP contribution in [-0.4, -0.2) is 51.9 Å². The minimum atomic E-state index is -0.842. The first-order chi connectivity index (χ1) is 17.1. The third kappa shape index (κ3) is 4.92. The van der Waals surface area contributed by atoms with Crippen molar-refractivity contribution in [3.05, 3.63) is 63.7 Å². The van der Waals surface area contributed by atoms with Crippen LogP contribution in [-0.2, 0) is 14.3 Å². The van der Waals surface area contributed by atoms with E-state index in [0.29, 0.717) is 12.8 Å². The molecule has 1 heterocycles. The second-order valence-corrected chi connectivity index (χ2v) is 10.8. The lowest BCUT2D eigenvalue weighted by Gasteiger charge is -2.29. The second-order valence-electron chi connectivity index (χ2n) is 8.42. The highest BCUT2D eigenvalue weighted by Crippen LogP contribution is 2.44. The van der Waals surface area contributed by atoms with Crippen molar-refractivity contribution in [1.29, 1.82) is 0 Å². The van der Waals surface area contributed by atoms with E-state index in [4.69, 9.17) is 9.47 Å². The van der Waals surface area contributed by atoms with Gasteiger partial charge < -0.3 is 9.47 Å². The molecule has 2 fully saturated rings. The van der Waals surface area contributed by atoms with E-state index in [1.54, 1.807) is 6.07 Å². The van der Waals surface area contributed by atoms with Gasteiger partial charge in [-0.15, -0.1) is 0 Å². The third-order valence-corrected chi connectivity index (χ3v) is 9.02. The molecule has 2 amide bonds. The Bertz CT molecular complexity index is 1240. The number of carbonyl (C=O) groups is 4. The van der Waals surface area contributed by atoms with Gasteiger partial charge in [-0.2, -0.15) is 0 Å². The summed E-state index contributed by atoms with van der Waals surface area (Å²) in [5, 5.41) is 11.2. The summed E-state index contributed by atoms with van der Waals surface area (Å²) in [7, 11) is 1.27. The number of carbonyl (C=O) groups excluding carboxylic acids is 4. The largest absolute Gasteiger partial charge is 0.490 e. The first-order valence-corrected chi connectivity index (χ1v) is 12.7. The molecule has 12 heteroatoms. The van der Waals surface area contributed by atoms with E-state index in [9.17, 15) is 29.3 Å². The van der Waals surface area contributed by atoms with Gasteiger partial charge in [0.25, 0.3) is 0 Å². The maximum atomic E-state index is 13.0. The number of benzene rings is 2. The predicted octanol–water partition coefficient (Wildman–Crippen LogP) is 4.07. The van der Waals surface area contributed by atoms with Crippen molar-refractivity contribution in [1.82, 2.24) is 0 Å². The molecule has 0 radical (unpaired) electrons. The molecule has 0 aromatic heterocycles. The molecule has 188 valence electrons. The molecular formula is C24H20Br2N2O8. The van der Waals surface area contributed by atoms with Crippen LogP contribution in [0.3, 0.4) is 0 Å². The van der Waals surface area contributed by atoms with Crippen LogP contribution in [0.4, 0.5) is 11.4 Å². The van der Waals surface area contributed by atoms with Gasteiger partial charge in [-0.3, -0.25) is 29.4 Å². The molecule has 0 spiro atoms. The highest BCUT2D eigenvalue weighted by molar-refractivity contribution is 9.12. The number of amides is 2. The fourth-order valence-corrected chi connectivity index (χ4v) is 5.66. The first-order valence-electron chi connectivity index (χ1n) is 10.9. The van der Waals surface area contributed by atoms with Gasteiger partial charge in [0, 0.05) is 21.3 Å². The zero-order valence-corrected chi connectivity index (χ0v) is 22.1. The molecule has 0 N–H and O–H groups in total. The van der Waals surface area contributed by atoms with Crippen LogP contribution >= 0.6 is 31.9 Å². The highest BCUT2D eigenvalue weighted by atomic mass is 79.9. The van der Waals surface area contributed by atoms with E-state index in [1.807, 2.05) is 0 Å². The number of ether oxygens (including phenoxy) is 2. The Morgan fingerprint density at radius 2 is 1.67 bits per heavy atom. The Kier molecular flexibility index (Phi) is 7.55. The number of Topliss-reactive ketones (excluding diaryl/α,β-unsaturated/α-hetero) is 1. The number of nitrogens with zero attached hydrogens (tertiary/aromatic N) is 2. The Morgan fingerprint density at radius 3 is 2.25 bits per heavy atom. The van der Waals surface area contributed by atoms with E-state index in [1.165, 1.54) is 37.4 Å². The number of nitro groups is 1. The molecule has 1 saturated carbocycles. The van der Waals surface area contributed by atoms with Crippen LogP contribution in [0.5, 0.6) is 5.75 Å². The highest BCUT2D eigenvalue weighted by Gasteiger charge is 2.52. The van der Waals surface area contributed by atoms with Gasteiger partial charge in [0.2, 0.25) is 17.6 Å². The molecule has 1 saturated heterocycles. The summed E-state index contributed by atoms with van der Waals surface area (Å²) in [4.78, 5) is 62.9. The minimum Gasteiger partial charge on any atom is -0.490 e. The van der Waals surface area contributed by atoms with Gasteiger partial charge in [-0.25, -0.2) is 4.79 Å². The van der Waals surface area contributed by atoms with E-state index in [0.717, 1.165) is 11.0 Å². The number of alkyl halides is 2. The third-order valence-electron chi connectivity index (χ3n) is 6.28. The second kappa shape index (κ2) is 10.5. The lowest BCUT2D eigenvalue weighted by atomic mass is 9.81. The van der Waals surface area contributed by atoms with Crippen molar-refractivity contribution >= 4 is 66.8 Å². The molecule has 1 aliphatic carbocycles. The normalized spacial score (nSPS) is 23.2. The molecule has 2 aliphatic rings. The van der Waals surface area contributed by atoms with Crippen molar-refractivity contribution < 1.29 is 33.6 Å². The number of rotatable bonds is 7. The van der Waals surface area contributed by atoms with Crippen LogP contribution in [0.1, 0.15) is 33.6 Å². The Labute approximate surface area is 222 Å². The molecule has 1 aliphatic heterocycles.